The molecular weight excluding hydrogens is 442 g/mol. The first-order valence-corrected chi connectivity index (χ1v) is 10.9. The highest BCUT2D eigenvalue weighted by Crippen LogP contribution is 2.23. The summed E-state index contributed by atoms with van der Waals surface area (Å²) in [5.41, 5.74) is 0.871. The van der Waals surface area contributed by atoms with E-state index in [1.807, 2.05) is 46.7 Å². The van der Waals surface area contributed by atoms with Gasteiger partial charge in [-0.1, -0.05) is 18.2 Å². The average molecular weight is 462 g/mol. The van der Waals surface area contributed by atoms with Crippen LogP contribution in [0.25, 0.3) is 10.2 Å². The van der Waals surface area contributed by atoms with Crippen LogP contribution in [0.4, 0.5) is 0 Å². The molecule has 2 aromatic heterocycles. The minimum Gasteiger partial charge on any atom is -0.473 e. The van der Waals surface area contributed by atoms with Gasteiger partial charge in [0.2, 0.25) is 0 Å². The van der Waals surface area contributed by atoms with Crippen LogP contribution in [0.1, 0.15) is 19.5 Å². The molecule has 1 aliphatic rings. The molecule has 1 fully saturated rings. The van der Waals surface area contributed by atoms with Gasteiger partial charge in [-0.25, -0.2) is 14.6 Å². The Hall–Kier alpha value is -3.15. The number of aliphatic carboxylic acids is 2. The lowest BCUT2D eigenvalue weighted by atomic mass is 10.2. The number of carbonyl (C=O) groups excluding carboxylic acids is 2. The molecule has 4 rings (SSSR count). The van der Waals surface area contributed by atoms with Crippen molar-refractivity contribution in [2.75, 3.05) is 32.7 Å². The summed E-state index contributed by atoms with van der Waals surface area (Å²) in [5.74, 6) is -3.50. The summed E-state index contributed by atoms with van der Waals surface area (Å²) in [6.07, 6.45) is 0. The Balaban J connectivity index is 0.000000401. The quantitative estimate of drug-likeness (QED) is 0.447. The highest BCUT2D eigenvalue weighted by Gasteiger charge is 2.25. The maximum atomic E-state index is 12.7. The number of ketones is 1. The number of nitrogens with zero attached hydrogens (tertiary/aromatic N) is 3. The number of rotatable bonds is 4. The lowest BCUT2D eigenvalue weighted by molar-refractivity contribution is -0.159. The van der Waals surface area contributed by atoms with Gasteiger partial charge in [-0.15, -0.1) is 22.7 Å². The molecule has 0 radical (unpaired) electrons. The molecule has 0 atom stereocenters. The zero-order valence-corrected chi connectivity index (χ0v) is 17.9. The number of hydrogen-bond acceptors (Lipinski definition) is 8. The molecule has 0 aliphatic carbocycles. The minimum atomic E-state index is -1.82. The van der Waals surface area contributed by atoms with Crippen LogP contribution in [-0.4, -0.2) is 81.3 Å². The van der Waals surface area contributed by atoms with Crippen molar-refractivity contribution in [1.82, 2.24) is 14.8 Å². The van der Waals surface area contributed by atoms with Gasteiger partial charge in [0.05, 0.1) is 21.6 Å². The summed E-state index contributed by atoms with van der Waals surface area (Å²) in [6, 6.07) is 11.6. The van der Waals surface area contributed by atoms with Crippen molar-refractivity contribution >= 4 is 56.5 Å². The first-order valence-electron chi connectivity index (χ1n) is 9.25. The van der Waals surface area contributed by atoms with E-state index in [1.54, 1.807) is 0 Å². The number of thiophene rings is 1. The second kappa shape index (κ2) is 10.2. The third-order valence-corrected chi connectivity index (χ3v) is 6.42. The Morgan fingerprint density at radius 2 is 1.61 bits per heavy atom. The van der Waals surface area contributed by atoms with Crippen molar-refractivity contribution in [2.24, 2.45) is 0 Å². The van der Waals surface area contributed by atoms with Gasteiger partial charge in [0, 0.05) is 26.2 Å². The molecule has 0 bridgehead atoms. The maximum Gasteiger partial charge on any atom is 0.414 e. The van der Waals surface area contributed by atoms with Crippen molar-refractivity contribution < 1.29 is 29.4 Å². The lowest BCUT2D eigenvalue weighted by Gasteiger charge is -2.33. The second-order valence-corrected chi connectivity index (χ2v) is 8.54. The smallest absolute Gasteiger partial charge is 0.414 e. The van der Waals surface area contributed by atoms with Crippen LogP contribution in [0.2, 0.25) is 0 Å². The lowest BCUT2D eigenvalue weighted by Crippen LogP contribution is -2.49. The first-order chi connectivity index (χ1) is 14.8. The van der Waals surface area contributed by atoms with E-state index in [-0.39, 0.29) is 11.7 Å². The van der Waals surface area contributed by atoms with E-state index in [4.69, 9.17) is 19.8 Å². The Bertz CT molecular complexity index is 1040. The third-order valence-electron chi connectivity index (χ3n) is 4.48. The van der Waals surface area contributed by atoms with E-state index in [0.717, 1.165) is 15.1 Å². The monoisotopic (exact) mass is 461 g/mol. The molecule has 1 amide bonds. The van der Waals surface area contributed by atoms with Gasteiger partial charge < -0.3 is 15.1 Å². The molecule has 9 nitrogen and oxygen atoms in total. The van der Waals surface area contributed by atoms with Crippen LogP contribution in [0, 0.1) is 0 Å². The molecule has 1 aromatic carbocycles. The number of carboxylic acids is 2. The third kappa shape index (κ3) is 5.94. The van der Waals surface area contributed by atoms with Crippen LogP contribution in [0.3, 0.4) is 0 Å². The van der Waals surface area contributed by atoms with Gasteiger partial charge in [-0.3, -0.25) is 14.5 Å². The van der Waals surface area contributed by atoms with Crippen LogP contribution < -0.4 is 0 Å². The Labute approximate surface area is 185 Å². The Morgan fingerprint density at radius 3 is 2.19 bits per heavy atom. The number of piperazine rings is 1. The highest BCUT2D eigenvalue weighted by molar-refractivity contribution is 7.20. The largest absolute Gasteiger partial charge is 0.473 e. The van der Waals surface area contributed by atoms with Gasteiger partial charge in [0.15, 0.2) is 10.8 Å². The number of benzene rings is 1. The van der Waals surface area contributed by atoms with Crippen LogP contribution in [0.5, 0.6) is 0 Å². The van der Waals surface area contributed by atoms with E-state index in [9.17, 15) is 9.59 Å². The predicted octanol–water partition coefficient (Wildman–Crippen LogP) is 2.15. The summed E-state index contributed by atoms with van der Waals surface area (Å²) >= 11 is 2.92. The first kappa shape index (κ1) is 22.5. The number of aromatic nitrogens is 1. The SMILES string of the molecule is O=C(CN1CCN(C(=O)c2nc3ccccc3s2)CC1)c1cccs1.O=C(O)C(=O)O. The number of thiazole rings is 1. The molecule has 162 valence electrons. The van der Waals surface area contributed by atoms with E-state index in [1.165, 1.54) is 22.7 Å². The second-order valence-electron chi connectivity index (χ2n) is 6.57. The van der Waals surface area contributed by atoms with Gasteiger partial charge in [-0.2, -0.15) is 0 Å². The fraction of sp³-hybridized carbons (Fsp3) is 0.250. The van der Waals surface area contributed by atoms with Crippen LogP contribution in [-0.2, 0) is 9.59 Å². The van der Waals surface area contributed by atoms with Crippen molar-refractivity contribution in [3.05, 3.63) is 51.7 Å². The summed E-state index contributed by atoms with van der Waals surface area (Å²) in [5, 5.41) is 17.2. The number of amides is 1. The Morgan fingerprint density at radius 1 is 0.935 bits per heavy atom. The molecular formula is C20H19N3O6S2. The molecule has 0 unspecified atom stereocenters. The molecule has 11 heteroatoms. The van der Waals surface area contributed by atoms with E-state index >= 15 is 0 Å². The van der Waals surface area contributed by atoms with Gasteiger partial charge in [0.25, 0.3) is 5.91 Å². The van der Waals surface area contributed by atoms with Gasteiger partial charge in [-0.05, 0) is 23.6 Å². The fourth-order valence-electron chi connectivity index (χ4n) is 2.93. The molecule has 3 aromatic rings. The minimum absolute atomic E-state index is 0.00886. The van der Waals surface area contributed by atoms with Gasteiger partial charge >= 0.3 is 11.9 Å². The fourth-order valence-corrected chi connectivity index (χ4v) is 4.52. The van der Waals surface area contributed by atoms with Crippen molar-refractivity contribution in [3.8, 4) is 0 Å². The van der Waals surface area contributed by atoms with E-state index in [0.29, 0.717) is 37.7 Å². The Kier molecular flexibility index (Phi) is 7.45. The molecule has 3 heterocycles. The van der Waals surface area contributed by atoms with E-state index in [2.05, 4.69) is 9.88 Å². The summed E-state index contributed by atoms with van der Waals surface area (Å²) < 4.78 is 1.03. The molecule has 0 spiro atoms. The number of hydrogen-bond donors (Lipinski definition) is 2. The zero-order chi connectivity index (χ0) is 22.4. The standard InChI is InChI=1S/C18H17N3O2S2.C2H2O4/c22-14(16-6-3-11-24-16)12-20-7-9-21(10-8-20)18(23)17-19-13-4-1-2-5-15(13)25-17;3-1(4)2(5)6/h1-6,11H,7-10,12H2;(H,3,4)(H,5,6). The molecule has 2 N–H and O–H groups in total. The highest BCUT2D eigenvalue weighted by atomic mass is 32.1. The molecule has 1 saturated heterocycles. The maximum absolute atomic E-state index is 12.7. The molecule has 31 heavy (non-hydrogen) atoms. The average Bonchev–Trinajstić information content (AvgIpc) is 3.44. The van der Waals surface area contributed by atoms with Gasteiger partial charge in [0.1, 0.15) is 0 Å². The summed E-state index contributed by atoms with van der Waals surface area (Å²) in [4.78, 5) is 52.3. The zero-order valence-electron chi connectivity index (χ0n) is 16.3. The number of carboxylic acid groups (broad SMARTS) is 2. The predicted molar refractivity (Wildman–Crippen MR) is 116 cm³/mol. The van der Waals surface area contributed by atoms with Crippen LogP contribution in [0.15, 0.2) is 41.8 Å². The van der Waals surface area contributed by atoms with Crippen molar-refractivity contribution in [3.63, 3.8) is 0 Å². The molecule has 0 saturated carbocycles. The summed E-state index contributed by atoms with van der Waals surface area (Å²) in [6.45, 7) is 3.12. The van der Waals surface area contributed by atoms with Crippen LogP contribution >= 0.6 is 22.7 Å². The number of fused-ring (bicyclic) bond motifs is 1. The van der Waals surface area contributed by atoms with E-state index < -0.39 is 11.9 Å². The molecule has 1 aliphatic heterocycles. The number of Topliss-reactive ketones (excluding diaryl/α,β-unsaturated/α-hetero) is 1. The number of para-hydroxylation sites is 1. The summed E-state index contributed by atoms with van der Waals surface area (Å²) in [7, 11) is 0. The normalized spacial score (nSPS) is 14.0. The number of carbonyl (C=O) groups is 4. The topological polar surface area (TPSA) is 128 Å². The van der Waals surface area contributed by atoms with Crippen molar-refractivity contribution in [2.45, 2.75) is 0 Å². The van der Waals surface area contributed by atoms with Crippen molar-refractivity contribution in [1.29, 1.82) is 0 Å².